The highest BCUT2D eigenvalue weighted by molar-refractivity contribution is 5.81. The van der Waals surface area contributed by atoms with Crippen LogP contribution in [0, 0.1) is 5.82 Å². The zero-order valence-electron chi connectivity index (χ0n) is 13.5. The maximum atomic E-state index is 13.0. The third-order valence-corrected chi connectivity index (χ3v) is 4.62. The number of hydrogen-bond acceptors (Lipinski definition) is 6. The van der Waals surface area contributed by atoms with Gasteiger partial charge in [0.1, 0.15) is 6.10 Å². The number of ether oxygens (including phenoxy) is 1. The van der Waals surface area contributed by atoms with Gasteiger partial charge in [0.2, 0.25) is 11.9 Å². The molecule has 0 aromatic carbocycles. The lowest BCUT2D eigenvalue weighted by Crippen LogP contribution is -2.36. The van der Waals surface area contributed by atoms with E-state index in [1.807, 2.05) is 17.0 Å². The van der Waals surface area contributed by atoms with Gasteiger partial charge < -0.3 is 15.0 Å². The van der Waals surface area contributed by atoms with Crippen molar-refractivity contribution in [2.45, 2.75) is 37.6 Å². The van der Waals surface area contributed by atoms with E-state index in [0.29, 0.717) is 18.9 Å². The Bertz CT molecular complexity index is 742. The van der Waals surface area contributed by atoms with Gasteiger partial charge in [-0.05, 0) is 18.1 Å². The summed E-state index contributed by atoms with van der Waals surface area (Å²) >= 11 is 0. The lowest BCUT2D eigenvalue weighted by molar-refractivity contribution is -0.132. The number of fused-ring (bicyclic) bond motifs is 1. The largest absolute Gasteiger partial charge is 0.363 e. The summed E-state index contributed by atoms with van der Waals surface area (Å²) in [5.74, 6) is -0.109. The number of anilines is 1. The first-order valence-electron chi connectivity index (χ1n) is 8.27. The van der Waals surface area contributed by atoms with Crippen LogP contribution in [0.25, 0.3) is 0 Å². The smallest absolute Gasteiger partial charge is 0.249 e. The Balaban J connectivity index is 1.37. The van der Waals surface area contributed by atoms with Gasteiger partial charge in [0.15, 0.2) is 5.82 Å². The summed E-state index contributed by atoms with van der Waals surface area (Å²) in [6.45, 7) is 1.16. The van der Waals surface area contributed by atoms with E-state index in [0.717, 1.165) is 30.9 Å². The van der Waals surface area contributed by atoms with E-state index in [1.54, 1.807) is 12.4 Å². The monoisotopic (exact) mass is 343 g/mol. The molecule has 2 aliphatic rings. The average molecular weight is 343 g/mol. The van der Waals surface area contributed by atoms with Crippen LogP contribution in [0.3, 0.4) is 0 Å². The van der Waals surface area contributed by atoms with Crippen LogP contribution in [0.2, 0.25) is 0 Å². The zero-order chi connectivity index (χ0) is 17.2. The van der Waals surface area contributed by atoms with Crippen molar-refractivity contribution in [1.29, 1.82) is 0 Å². The first-order valence-corrected chi connectivity index (χ1v) is 8.27. The van der Waals surface area contributed by atoms with Gasteiger partial charge in [-0.25, -0.2) is 14.4 Å². The van der Waals surface area contributed by atoms with Crippen LogP contribution in [-0.2, 0) is 16.1 Å². The van der Waals surface area contributed by atoms with Crippen LogP contribution in [0.1, 0.15) is 18.4 Å². The number of rotatable bonds is 4. The highest BCUT2D eigenvalue weighted by Gasteiger charge is 2.46. The fourth-order valence-electron chi connectivity index (χ4n) is 3.43. The van der Waals surface area contributed by atoms with Crippen LogP contribution >= 0.6 is 0 Å². The van der Waals surface area contributed by atoms with E-state index < -0.39 is 11.9 Å². The van der Waals surface area contributed by atoms with E-state index in [-0.39, 0.29) is 18.1 Å². The minimum absolute atomic E-state index is 0.0252. The van der Waals surface area contributed by atoms with E-state index in [9.17, 15) is 9.18 Å². The number of pyridine rings is 1. The minimum atomic E-state index is -0.491. The summed E-state index contributed by atoms with van der Waals surface area (Å²) in [4.78, 5) is 26.5. The van der Waals surface area contributed by atoms with Crippen LogP contribution in [0.5, 0.6) is 0 Å². The summed E-state index contributed by atoms with van der Waals surface area (Å²) in [5.41, 5.74) is 0.940. The van der Waals surface area contributed by atoms with Gasteiger partial charge in [-0.1, -0.05) is 6.07 Å². The summed E-state index contributed by atoms with van der Waals surface area (Å²) in [6.07, 6.45) is 6.59. The van der Waals surface area contributed by atoms with Crippen LogP contribution in [-0.4, -0.2) is 45.7 Å². The Morgan fingerprint density at radius 3 is 2.96 bits per heavy atom. The predicted molar refractivity (Wildman–Crippen MR) is 87.1 cm³/mol. The molecule has 2 aliphatic heterocycles. The van der Waals surface area contributed by atoms with Crippen molar-refractivity contribution in [3.05, 3.63) is 48.3 Å². The van der Waals surface area contributed by atoms with E-state index in [2.05, 4.69) is 20.3 Å². The molecule has 0 aliphatic carbocycles. The van der Waals surface area contributed by atoms with Crippen molar-refractivity contribution in [3.8, 4) is 0 Å². The third kappa shape index (κ3) is 3.30. The SMILES string of the molecule is O=C(NCc1cccnc1)[C@@H]1C[C@H]2[C@H](CCN2c2ncc(F)cn2)O1. The maximum Gasteiger partial charge on any atom is 0.249 e. The number of halogens is 1. The van der Waals surface area contributed by atoms with Crippen molar-refractivity contribution in [2.75, 3.05) is 11.4 Å². The van der Waals surface area contributed by atoms with Gasteiger partial charge in [-0.3, -0.25) is 9.78 Å². The molecule has 0 bridgehead atoms. The first-order chi connectivity index (χ1) is 12.2. The van der Waals surface area contributed by atoms with Gasteiger partial charge in [-0.15, -0.1) is 0 Å². The topological polar surface area (TPSA) is 80.2 Å². The Morgan fingerprint density at radius 2 is 2.20 bits per heavy atom. The van der Waals surface area contributed by atoms with Crippen molar-refractivity contribution in [1.82, 2.24) is 20.3 Å². The van der Waals surface area contributed by atoms with Gasteiger partial charge >= 0.3 is 0 Å². The molecule has 1 amide bonds. The quantitative estimate of drug-likeness (QED) is 0.894. The molecule has 1 N–H and O–H groups in total. The number of nitrogens with one attached hydrogen (secondary N) is 1. The Kier molecular flexibility index (Phi) is 4.27. The molecule has 130 valence electrons. The second kappa shape index (κ2) is 6.72. The Labute approximate surface area is 144 Å². The number of hydrogen-bond donors (Lipinski definition) is 1. The molecule has 7 nitrogen and oxygen atoms in total. The van der Waals surface area contributed by atoms with Gasteiger partial charge in [0, 0.05) is 31.9 Å². The lowest BCUT2D eigenvalue weighted by atomic mass is 10.1. The Hall–Kier alpha value is -2.61. The number of carbonyl (C=O) groups excluding carboxylic acids is 1. The average Bonchev–Trinajstić information content (AvgIpc) is 3.22. The molecule has 4 heterocycles. The van der Waals surface area contributed by atoms with E-state index in [4.69, 9.17) is 4.74 Å². The first kappa shape index (κ1) is 15.9. The van der Waals surface area contributed by atoms with Crippen molar-refractivity contribution >= 4 is 11.9 Å². The normalized spacial score (nSPS) is 25.0. The van der Waals surface area contributed by atoms with Gasteiger partial charge in [0.05, 0.1) is 24.5 Å². The van der Waals surface area contributed by atoms with Crippen molar-refractivity contribution in [2.24, 2.45) is 0 Å². The molecule has 3 atom stereocenters. The maximum absolute atomic E-state index is 13.0. The van der Waals surface area contributed by atoms with Crippen LogP contribution in [0.4, 0.5) is 10.3 Å². The molecule has 2 aromatic heterocycles. The van der Waals surface area contributed by atoms with Gasteiger partial charge in [0.25, 0.3) is 0 Å². The third-order valence-electron chi connectivity index (χ3n) is 4.62. The second-order valence-corrected chi connectivity index (χ2v) is 6.23. The summed E-state index contributed by atoms with van der Waals surface area (Å²) in [6, 6.07) is 3.78. The molecule has 2 aromatic rings. The molecular weight excluding hydrogens is 325 g/mol. The van der Waals surface area contributed by atoms with E-state index in [1.165, 1.54) is 0 Å². The predicted octanol–water partition coefficient (Wildman–Crippen LogP) is 1.06. The molecule has 2 fully saturated rings. The molecular formula is C17H18FN5O2. The molecule has 8 heteroatoms. The highest BCUT2D eigenvalue weighted by Crippen LogP contribution is 2.34. The van der Waals surface area contributed by atoms with Crippen LogP contribution in [0.15, 0.2) is 36.9 Å². The summed E-state index contributed by atoms with van der Waals surface area (Å²) in [7, 11) is 0. The summed E-state index contributed by atoms with van der Waals surface area (Å²) < 4.78 is 18.9. The second-order valence-electron chi connectivity index (χ2n) is 6.23. The molecule has 0 unspecified atom stereocenters. The number of carbonyl (C=O) groups is 1. The minimum Gasteiger partial charge on any atom is -0.363 e. The van der Waals surface area contributed by atoms with Crippen LogP contribution < -0.4 is 10.2 Å². The molecule has 0 saturated carbocycles. The highest BCUT2D eigenvalue weighted by atomic mass is 19.1. The number of nitrogens with zero attached hydrogens (tertiary/aromatic N) is 4. The molecule has 2 saturated heterocycles. The number of aromatic nitrogens is 3. The lowest BCUT2D eigenvalue weighted by Gasteiger charge is -2.22. The molecule has 4 rings (SSSR count). The molecule has 25 heavy (non-hydrogen) atoms. The standard InChI is InChI=1S/C17H18FN5O2/c18-12-9-21-17(22-10-12)23-5-3-14-13(23)6-15(25-14)16(24)20-8-11-2-1-4-19-7-11/h1-2,4,7,9-10,13-15H,3,5-6,8H2,(H,20,24)/t13-,14-,15-/m0/s1. The molecule has 0 radical (unpaired) electrons. The zero-order valence-corrected chi connectivity index (χ0v) is 13.5. The van der Waals surface area contributed by atoms with Crippen molar-refractivity contribution < 1.29 is 13.9 Å². The molecule has 0 spiro atoms. The van der Waals surface area contributed by atoms with Crippen molar-refractivity contribution in [3.63, 3.8) is 0 Å². The fourth-order valence-corrected chi connectivity index (χ4v) is 3.43. The van der Waals surface area contributed by atoms with Gasteiger partial charge in [-0.2, -0.15) is 0 Å². The Morgan fingerprint density at radius 1 is 1.36 bits per heavy atom. The number of amides is 1. The summed E-state index contributed by atoms with van der Waals surface area (Å²) in [5, 5.41) is 2.89. The fraction of sp³-hybridized carbons (Fsp3) is 0.412. The van der Waals surface area contributed by atoms with E-state index >= 15 is 0 Å².